The summed E-state index contributed by atoms with van der Waals surface area (Å²) in [6, 6.07) is 8.66. The van der Waals surface area contributed by atoms with Gasteiger partial charge >= 0.3 is 0 Å². The van der Waals surface area contributed by atoms with Crippen LogP contribution in [0.25, 0.3) is 0 Å². The highest BCUT2D eigenvalue weighted by Crippen LogP contribution is 2.43. The molecule has 0 saturated heterocycles. The van der Waals surface area contributed by atoms with E-state index in [4.69, 9.17) is 5.73 Å². The Kier molecular flexibility index (Phi) is 2.72. The first-order valence-electron chi connectivity index (χ1n) is 7.13. The third-order valence-electron chi connectivity index (χ3n) is 4.45. The zero-order valence-corrected chi connectivity index (χ0v) is 11.7. The summed E-state index contributed by atoms with van der Waals surface area (Å²) in [7, 11) is 0. The van der Waals surface area contributed by atoms with Crippen LogP contribution in [0.5, 0.6) is 0 Å². The molecule has 3 N–H and O–H groups in total. The van der Waals surface area contributed by atoms with Gasteiger partial charge in [-0.05, 0) is 50.7 Å². The van der Waals surface area contributed by atoms with Crippen molar-refractivity contribution >= 4 is 5.91 Å². The topological polar surface area (TPSA) is 55.1 Å². The fraction of sp³-hybridized carbons (Fsp3) is 0.562. The number of hydrogen-bond donors (Lipinski definition) is 2. The number of hydrogen-bond acceptors (Lipinski definition) is 2. The SMILES string of the molecule is CC(C)(C(=O)NC1CC1)c1ccc(C2(N)CC2)cc1. The van der Waals surface area contributed by atoms with Crippen molar-refractivity contribution in [2.75, 3.05) is 0 Å². The highest BCUT2D eigenvalue weighted by Gasteiger charge is 2.40. The van der Waals surface area contributed by atoms with E-state index in [1.54, 1.807) is 0 Å². The number of nitrogens with one attached hydrogen (secondary N) is 1. The van der Waals surface area contributed by atoms with E-state index in [0.29, 0.717) is 6.04 Å². The van der Waals surface area contributed by atoms with Gasteiger partial charge in [0.25, 0.3) is 0 Å². The van der Waals surface area contributed by atoms with E-state index in [9.17, 15) is 4.79 Å². The quantitative estimate of drug-likeness (QED) is 0.870. The van der Waals surface area contributed by atoms with Gasteiger partial charge in [-0.15, -0.1) is 0 Å². The van der Waals surface area contributed by atoms with E-state index in [-0.39, 0.29) is 11.4 Å². The molecule has 0 bridgehead atoms. The normalized spacial score (nSPS) is 21.0. The van der Waals surface area contributed by atoms with Crippen molar-refractivity contribution in [3.05, 3.63) is 35.4 Å². The molecule has 3 rings (SSSR count). The van der Waals surface area contributed by atoms with Gasteiger partial charge in [0.2, 0.25) is 5.91 Å². The second kappa shape index (κ2) is 4.07. The molecule has 3 heteroatoms. The molecule has 2 fully saturated rings. The van der Waals surface area contributed by atoms with Crippen LogP contribution in [0.1, 0.15) is 50.7 Å². The monoisotopic (exact) mass is 258 g/mol. The third kappa shape index (κ3) is 2.39. The second-order valence-electron chi connectivity index (χ2n) is 6.61. The summed E-state index contributed by atoms with van der Waals surface area (Å²) in [4.78, 5) is 12.3. The average molecular weight is 258 g/mol. The maximum Gasteiger partial charge on any atom is 0.230 e. The number of carbonyl (C=O) groups is 1. The van der Waals surface area contributed by atoms with Crippen molar-refractivity contribution < 1.29 is 4.79 Å². The lowest BCUT2D eigenvalue weighted by molar-refractivity contribution is -0.125. The Hall–Kier alpha value is -1.35. The molecule has 1 aromatic rings. The molecule has 102 valence electrons. The van der Waals surface area contributed by atoms with Crippen LogP contribution < -0.4 is 11.1 Å². The molecular weight excluding hydrogens is 236 g/mol. The summed E-state index contributed by atoms with van der Waals surface area (Å²) in [6.45, 7) is 3.96. The maximum atomic E-state index is 12.3. The van der Waals surface area contributed by atoms with E-state index in [2.05, 4.69) is 29.6 Å². The molecule has 0 heterocycles. The molecule has 0 atom stereocenters. The summed E-state index contributed by atoms with van der Waals surface area (Å²) in [5.41, 5.74) is 7.85. The zero-order valence-electron chi connectivity index (χ0n) is 11.7. The lowest BCUT2D eigenvalue weighted by Crippen LogP contribution is -2.41. The summed E-state index contributed by atoms with van der Waals surface area (Å²) < 4.78 is 0. The number of amides is 1. The fourth-order valence-corrected chi connectivity index (χ4v) is 2.37. The second-order valence-corrected chi connectivity index (χ2v) is 6.61. The molecule has 0 unspecified atom stereocenters. The van der Waals surface area contributed by atoms with Crippen LogP contribution in [0, 0.1) is 0 Å². The molecular formula is C16H22N2O. The van der Waals surface area contributed by atoms with E-state index in [1.165, 1.54) is 5.56 Å². The van der Waals surface area contributed by atoms with Crippen LogP contribution in [-0.2, 0) is 15.7 Å². The molecule has 2 aliphatic rings. The van der Waals surface area contributed by atoms with E-state index in [0.717, 1.165) is 31.2 Å². The number of nitrogens with two attached hydrogens (primary N) is 1. The van der Waals surface area contributed by atoms with Crippen LogP contribution in [0.15, 0.2) is 24.3 Å². The molecule has 0 aromatic heterocycles. The lowest BCUT2D eigenvalue weighted by Gasteiger charge is -2.25. The highest BCUT2D eigenvalue weighted by molar-refractivity contribution is 5.87. The van der Waals surface area contributed by atoms with Gasteiger partial charge in [0.1, 0.15) is 0 Å². The minimum atomic E-state index is -0.480. The number of rotatable bonds is 4. The van der Waals surface area contributed by atoms with Gasteiger partial charge in [0, 0.05) is 11.6 Å². The number of carbonyl (C=O) groups excluding carboxylic acids is 1. The van der Waals surface area contributed by atoms with Gasteiger partial charge < -0.3 is 11.1 Å². The Labute approximate surface area is 114 Å². The Morgan fingerprint density at radius 3 is 2.32 bits per heavy atom. The summed E-state index contributed by atoms with van der Waals surface area (Å²) >= 11 is 0. The fourth-order valence-electron chi connectivity index (χ4n) is 2.37. The Balaban J connectivity index is 1.77. The summed E-state index contributed by atoms with van der Waals surface area (Å²) in [5, 5.41) is 3.09. The van der Waals surface area contributed by atoms with E-state index >= 15 is 0 Å². The van der Waals surface area contributed by atoms with Crippen LogP contribution in [0.4, 0.5) is 0 Å². The van der Waals surface area contributed by atoms with Crippen LogP contribution in [0.2, 0.25) is 0 Å². The maximum absolute atomic E-state index is 12.3. The zero-order chi connectivity index (χ0) is 13.7. The molecule has 19 heavy (non-hydrogen) atoms. The largest absolute Gasteiger partial charge is 0.353 e. The molecule has 0 aliphatic heterocycles. The van der Waals surface area contributed by atoms with Gasteiger partial charge in [0.05, 0.1) is 5.41 Å². The van der Waals surface area contributed by atoms with Crippen molar-refractivity contribution in [3.8, 4) is 0 Å². The highest BCUT2D eigenvalue weighted by atomic mass is 16.2. The predicted octanol–water partition coefficient (Wildman–Crippen LogP) is 2.19. The van der Waals surface area contributed by atoms with Gasteiger partial charge in [-0.2, -0.15) is 0 Å². The van der Waals surface area contributed by atoms with E-state index in [1.807, 2.05) is 13.8 Å². The first-order chi connectivity index (χ1) is 8.92. The van der Waals surface area contributed by atoms with Gasteiger partial charge in [-0.3, -0.25) is 4.79 Å². The van der Waals surface area contributed by atoms with Crippen molar-refractivity contribution in [2.24, 2.45) is 5.73 Å². The number of benzene rings is 1. The first-order valence-corrected chi connectivity index (χ1v) is 7.13. The molecule has 0 spiro atoms. The van der Waals surface area contributed by atoms with Crippen LogP contribution >= 0.6 is 0 Å². The molecule has 2 aliphatic carbocycles. The standard InChI is InChI=1S/C16H22N2O/c1-15(2,14(19)18-13-7-8-13)11-3-5-12(6-4-11)16(17)9-10-16/h3-6,13H,7-10,17H2,1-2H3,(H,18,19). The molecule has 0 radical (unpaired) electrons. The van der Waals surface area contributed by atoms with Crippen molar-refractivity contribution in [2.45, 2.75) is 56.5 Å². The Bertz CT molecular complexity index is 496. The minimum absolute atomic E-state index is 0.0983. The van der Waals surface area contributed by atoms with Crippen molar-refractivity contribution in [3.63, 3.8) is 0 Å². The van der Waals surface area contributed by atoms with Crippen molar-refractivity contribution in [1.29, 1.82) is 0 Å². The molecule has 3 nitrogen and oxygen atoms in total. The summed E-state index contributed by atoms with van der Waals surface area (Å²) in [6.07, 6.45) is 4.38. The minimum Gasteiger partial charge on any atom is -0.353 e. The summed E-state index contributed by atoms with van der Waals surface area (Å²) in [5.74, 6) is 0.122. The van der Waals surface area contributed by atoms with Gasteiger partial charge in [-0.1, -0.05) is 24.3 Å². The van der Waals surface area contributed by atoms with Crippen molar-refractivity contribution in [1.82, 2.24) is 5.32 Å². The smallest absolute Gasteiger partial charge is 0.230 e. The lowest BCUT2D eigenvalue weighted by atomic mass is 9.83. The molecule has 1 amide bonds. The van der Waals surface area contributed by atoms with Gasteiger partial charge in [0.15, 0.2) is 0 Å². The Morgan fingerprint density at radius 1 is 1.26 bits per heavy atom. The van der Waals surface area contributed by atoms with Gasteiger partial charge in [-0.25, -0.2) is 0 Å². The average Bonchev–Trinajstić information content (AvgIpc) is 3.28. The third-order valence-corrected chi connectivity index (χ3v) is 4.45. The molecule has 1 aromatic carbocycles. The first kappa shape index (κ1) is 12.7. The predicted molar refractivity (Wildman–Crippen MR) is 75.7 cm³/mol. The van der Waals surface area contributed by atoms with E-state index < -0.39 is 5.41 Å². The Morgan fingerprint density at radius 2 is 1.84 bits per heavy atom. The van der Waals surface area contributed by atoms with Crippen LogP contribution in [0.3, 0.4) is 0 Å². The van der Waals surface area contributed by atoms with Crippen LogP contribution in [-0.4, -0.2) is 11.9 Å². The molecule has 2 saturated carbocycles.